The molecule has 29 heavy (non-hydrogen) atoms. The van der Waals surface area contributed by atoms with Crippen LogP contribution in [0.3, 0.4) is 0 Å². The van der Waals surface area contributed by atoms with E-state index < -0.39 is 54.4 Å². The van der Waals surface area contributed by atoms with Gasteiger partial charge in [-0.2, -0.15) is 0 Å². The van der Waals surface area contributed by atoms with Crippen LogP contribution in [0, 0.1) is 0 Å². The smallest absolute Gasteiger partial charge is 0.293 e. The van der Waals surface area contributed by atoms with Crippen molar-refractivity contribution in [3.05, 3.63) is 0 Å². The predicted octanol–water partition coefficient (Wildman–Crippen LogP) is -0.168. The van der Waals surface area contributed by atoms with E-state index >= 15 is 0 Å². The fourth-order valence-electron chi connectivity index (χ4n) is 3.67. The lowest BCUT2D eigenvalue weighted by molar-refractivity contribution is -0.326. The van der Waals surface area contributed by atoms with E-state index in [1.807, 2.05) is 6.92 Å². The lowest BCUT2D eigenvalue weighted by Gasteiger charge is -2.54. The zero-order valence-electron chi connectivity index (χ0n) is 17.5. The Morgan fingerprint density at radius 3 is 2.34 bits per heavy atom. The Balaban J connectivity index is 2.21. The Labute approximate surface area is 170 Å². The molecule has 10 heteroatoms. The summed E-state index contributed by atoms with van der Waals surface area (Å²) in [4.78, 5) is 21.5. The van der Waals surface area contributed by atoms with E-state index in [4.69, 9.17) is 33.2 Å². The van der Waals surface area contributed by atoms with Crippen molar-refractivity contribution in [3.8, 4) is 0 Å². The molecule has 1 N–H and O–H groups in total. The summed E-state index contributed by atoms with van der Waals surface area (Å²) in [5.41, 5.74) is -0.839. The van der Waals surface area contributed by atoms with Crippen LogP contribution < -0.4 is 0 Å². The molecule has 0 radical (unpaired) electrons. The fourth-order valence-corrected chi connectivity index (χ4v) is 3.67. The lowest BCUT2D eigenvalue weighted by Crippen LogP contribution is -2.71. The summed E-state index contributed by atoms with van der Waals surface area (Å²) in [6, 6.07) is 0. The first kappa shape index (κ1) is 24.0. The number of carbonyl (C=O) groups is 2. The third-order valence-electron chi connectivity index (χ3n) is 5.19. The minimum absolute atomic E-state index is 0.0889. The lowest BCUT2D eigenvalue weighted by atomic mass is 9.82. The molecule has 9 unspecified atom stereocenters. The van der Waals surface area contributed by atoms with Crippen LogP contribution in [0.1, 0.15) is 27.7 Å². The van der Waals surface area contributed by atoms with Gasteiger partial charge in [-0.05, 0) is 27.7 Å². The summed E-state index contributed by atoms with van der Waals surface area (Å²) in [5.74, 6) is 0. The molecule has 2 fully saturated rings. The number of aliphatic hydroxyl groups is 1. The summed E-state index contributed by atoms with van der Waals surface area (Å²) in [7, 11) is 1.51. The van der Waals surface area contributed by atoms with Crippen LogP contribution in [-0.2, 0) is 42.7 Å². The van der Waals surface area contributed by atoms with Crippen molar-refractivity contribution in [2.75, 3.05) is 26.9 Å². The zero-order chi connectivity index (χ0) is 21.6. The second kappa shape index (κ2) is 10.6. The van der Waals surface area contributed by atoms with Gasteiger partial charge < -0.3 is 38.3 Å². The van der Waals surface area contributed by atoms with Gasteiger partial charge in [-0.3, -0.25) is 9.59 Å². The van der Waals surface area contributed by atoms with Gasteiger partial charge in [-0.25, -0.2) is 0 Å². The molecule has 0 spiro atoms. The maximum absolute atomic E-state index is 10.9. The summed E-state index contributed by atoms with van der Waals surface area (Å²) < 4.78 is 39.5. The average Bonchev–Trinajstić information content (AvgIpc) is 2.65. The van der Waals surface area contributed by atoms with Crippen LogP contribution in [0.2, 0.25) is 0 Å². The highest BCUT2D eigenvalue weighted by molar-refractivity contribution is 5.39. The second-order valence-corrected chi connectivity index (χ2v) is 7.75. The number of aliphatic hydroxyl groups excluding tert-OH is 1. The second-order valence-electron chi connectivity index (χ2n) is 7.75. The Bertz CT molecular complexity index is 529. The average molecular weight is 420 g/mol. The van der Waals surface area contributed by atoms with Gasteiger partial charge in [0.15, 0.2) is 5.60 Å². The number of carbonyl (C=O) groups excluding carboxylic acids is 2. The highest BCUT2D eigenvalue weighted by Gasteiger charge is 2.58. The molecule has 2 aliphatic rings. The van der Waals surface area contributed by atoms with Crippen molar-refractivity contribution >= 4 is 12.9 Å². The number of ether oxygens (including phenoxy) is 7. The summed E-state index contributed by atoms with van der Waals surface area (Å²) in [6.45, 7) is 8.12. The Morgan fingerprint density at radius 1 is 1.14 bits per heavy atom. The molecule has 0 amide bonds. The van der Waals surface area contributed by atoms with Crippen molar-refractivity contribution < 1.29 is 47.9 Å². The van der Waals surface area contributed by atoms with E-state index in [-0.39, 0.29) is 19.8 Å². The standard InChI is InChI=1S/C19H32O10/c1-11(22)6-24-14-13(3)29-17(18-19(4,8-26-18)28-10-21)15(23-5)16(14)25-7-12(2)27-9-20/h9-18,22H,6-8H2,1-5H3. The molecular weight excluding hydrogens is 388 g/mol. The van der Waals surface area contributed by atoms with Crippen molar-refractivity contribution in [1.29, 1.82) is 0 Å². The van der Waals surface area contributed by atoms with E-state index in [0.29, 0.717) is 12.9 Å². The topological polar surface area (TPSA) is 119 Å². The van der Waals surface area contributed by atoms with Crippen molar-refractivity contribution in [1.82, 2.24) is 0 Å². The van der Waals surface area contributed by atoms with Crippen LogP contribution in [-0.4, -0.2) is 99.4 Å². The molecule has 2 aliphatic heterocycles. The molecule has 168 valence electrons. The van der Waals surface area contributed by atoms with Crippen LogP contribution in [0.4, 0.5) is 0 Å². The molecule has 10 nitrogen and oxygen atoms in total. The molecule has 0 bridgehead atoms. The first-order valence-corrected chi connectivity index (χ1v) is 9.69. The van der Waals surface area contributed by atoms with E-state index in [9.17, 15) is 14.7 Å². The highest BCUT2D eigenvalue weighted by atomic mass is 16.7. The van der Waals surface area contributed by atoms with Gasteiger partial charge in [0, 0.05) is 7.11 Å². The van der Waals surface area contributed by atoms with E-state index in [2.05, 4.69) is 0 Å². The summed E-state index contributed by atoms with van der Waals surface area (Å²) in [5, 5.41) is 9.62. The third kappa shape index (κ3) is 5.65. The van der Waals surface area contributed by atoms with Crippen molar-refractivity contribution in [3.63, 3.8) is 0 Å². The van der Waals surface area contributed by atoms with E-state index in [0.717, 1.165) is 0 Å². The maximum atomic E-state index is 10.9. The molecule has 9 atom stereocenters. The quantitative estimate of drug-likeness (QED) is 0.426. The van der Waals surface area contributed by atoms with Crippen molar-refractivity contribution in [2.45, 2.75) is 82.1 Å². The van der Waals surface area contributed by atoms with Crippen LogP contribution in [0.25, 0.3) is 0 Å². The van der Waals surface area contributed by atoms with E-state index in [1.165, 1.54) is 7.11 Å². The van der Waals surface area contributed by atoms with Crippen LogP contribution >= 0.6 is 0 Å². The molecular formula is C19H32O10. The number of methoxy groups -OCH3 is 1. The summed E-state index contributed by atoms with van der Waals surface area (Å²) >= 11 is 0. The fraction of sp³-hybridized carbons (Fsp3) is 0.895. The third-order valence-corrected chi connectivity index (χ3v) is 5.19. The van der Waals surface area contributed by atoms with Crippen LogP contribution in [0.15, 0.2) is 0 Å². The van der Waals surface area contributed by atoms with Gasteiger partial charge in [0.2, 0.25) is 0 Å². The summed E-state index contributed by atoms with van der Waals surface area (Å²) in [6.07, 6.45) is -4.47. The highest BCUT2D eigenvalue weighted by Crippen LogP contribution is 2.39. The van der Waals surface area contributed by atoms with Gasteiger partial charge in [0.1, 0.15) is 36.6 Å². The van der Waals surface area contributed by atoms with Gasteiger partial charge >= 0.3 is 0 Å². The van der Waals surface area contributed by atoms with Crippen LogP contribution in [0.5, 0.6) is 0 Å². The molecule has 0 aromatic carbocycles. The zero-order valence-corrected chi connectivity index (χ0v) is 17.5. The molecule has 2 rings (SSSR count). The maximum Gasteiger partial charge on any atom is 0.293 e. The largest absolute Gasteiger partial charge is 0.462 e. The Kier molecular flexibility index (Phi) is 8.80. The number of hydrogen-bond donors (Lipinski definition) is 1. The number of rotatable bonds is 12. The SMILES string of the molecule is COC1C(OCC(C)OC=O)C(OCC(C)O)C(C)OC1C1OCC1(C)OC=O. The van der Waals surface area contributed by atoms with Gasteiger partial charge in [0.25, 0.3) is 12.9 Å². The van der Waals surface area contributed by atoms with Crippen molar-refractivity contribution in [2.24, 2.45) is 0 Å². The minimum atomic E-state index is -0.839. The molecule has 0 aliphatic carbocycles. The van der Waals surface area contributed by atoms with Gasteiger partial charge in [0.05, 0.1) is 32.0 Å². The van der Waals surface area contributed by atoms with Gasteiger partial charge in [-0.1, -0.05) is 0 Å². The molecule has 2 heterocycles. The Hall–Kier alpha value is -1.30. The van der Waals surface area contributed by atoms with E-state index in [1.54, 1.807) is 20.8 Å². The molecule has 0 aromatic rings. The molecule has 0 saturated carbocycles. The van der Waals surface area contributed by atoms with Gasteiger partial charge in [-0.15, -0.1) is 0 Å². The first-order chi connectivity index (χ1) is 13.8. The first-order valence-electron chi connectivity index (χ1n) is 9.69. The predicted molar refractivity (Wildman–Crippen MR) is 98.2 cm³/mol. The molecule has 2 saturated heterocycles. The Morgan fingerprint density at radius 2 is 1.83 bits per heavy atom. The monoisotopic (exact) mass is 420 g/mol. The minimum Gasteiger partial charge on any atom is -0.462 e. The normalized spacial score (nSPS) is 39.1. The molecule has 0 aromatic heterocycles. The number of hydrogen-bond acceptors (Lipinski definition) is 10.